The van der Waals surface area contributed by atoms with Gasteiger partial charge in [0.15, 0.2) is 0 Å². The van der Waals surface area contributed by atoms with E-state index in [-0.39, 0.29) is 17.9 Å². The Labute approximate surface area is 120 Å². The van der Waals surface area contributed by atoms with E-state index in [1.165, 1.54) is 0 Å². The number of rotatable bonds is 5. The van der Waals surface area contributed by atoms with Crippen molar-refractivity contribution in [2.24, 2.45) is 0 Å². The molecule has 0 spiro atoms. The van der Waals surface area contributed by atoms with Crippen LogP contribution in [0, 0.1) is 0 Å². The Bertz CT molecular complexity index is 521. The van der Waals surface area contributed by atoms with Crippen molar-refractivity contribution in [3.63, 3.8) is 0 Å². The third kappa shape index (κ3) is 2.92. The Morgan fingerprint density at radius 1 is 1.35 bits per heavy atom. The first-order chi connectivity index (χ1) is 9.67. The number of nitrogens with zero attached hydrogens (tertiary/aromatic N) is 1. The van der Waals surface area contributed by atoms with Crippen molar-refractivity contribution in [3.05, 3.63) is 24.0 Å². The van der Waals surface area contributed by atoms with Crippen molar-refractivity contribution in [3.8, 4) is 0 Å². The maximum absolute atomic E-state index is 12.6. The first kappa shape index (κ1) is 14.1. The molecule has 0 amide bonds. The van der Waals surface area contributed by atoms with Gasteiger partial charge in [-0.05, 0) is 44.2 Å². The second-order valence-electron chi connectivity index (χ2n) is 5.63. The van der Waals surface area contributed by atoms with E-state index in [0.717, 1.165) is 38.0 Å². The van der Waals surface area contributed by atoms with Crippen molar-refractivity contribution in [2.45, 2.75) is 44.2 Å². The monoisotopic (exact) mass is 298 g/mol. The molecular formula is C14H22N2O3S. The summed E-state index contributed by atoms with van der Waals surface area (Å²) >= 11 is 0. The minimum Gasteiger partial charge on any atom is -0.378 e. The molecule has 2 aliphatic heterocycles. The van der Waals surface area contributed by atoms with Crippen LogP contribution in [0.25, 0.3) is 0 Å². The summed E-state index contributed by atoms with van der Waals surface area (Å²) in [6.07, 6.45) is 6.50. The van der Waals surface area contributed by atoms with E-state index in [4.69, 9.17) is 4.74 Å². The van der Waals surface area contributed by atoms with E-state index < -0.39 is 10.0 Å². The lowest BCUT2D eigenvalue weighted by Crippen LogP contribution is -2.33. The van der Waals surface area contributed by atoms with Gasteiger partial charge in [-0.1, -0.05) is 0 Å². The van der Waals surface area contributed by atoms with Crippen LogP contribution in [-0.4, -0.2) is 42.7 Å². The van der Waals surface area contributed by atoms with E-state index in [1.807, 2.05) is 18.3 Å². The molecule has 0 bridgehead atoms. The average molecular weight is 298 g/mol. The number of aromatic amines is 1. The molecule has 1 aromatic rings. The summed E-state index contributed by atoms with van der Waals surface area (Å²) in [6, 6.07) is 3.88. The highest BCUT2D eigenvalue weighted by Gasteiger charge is 2.35. The predicted octanol–water partition coefficient (Wildman–Crippen LogP) is 2.05. The molecule has 1 N–H and O–H groups in total. The van der Waals surface area contributed by atoms with Gasteiger partial charge in [0.25, 0.3) is 0 Å². The fourth-order valence-electron chi connectivity index (χ4n) is 3.21. The van der Waals surface area contributed by atoms with Gasteiger partial charge in [0.05, 0.1) is 17.9 Å². The van der Waals surface area contributed by atoms with Crippen LogP contribution >= 0.6 is 0 Å². The molecule has 2 fully saturated rings. The van der Waals surface area contributed by atoms with Crippen molar-refractivity contribution >= 4 is 10.0 Å². The molecule has 6 heteroatoms. The summed E-state index contributed by atoms with van der Waals surface area (Å²) in [5, 5.41) is 0. The van der Waals surface area contributed by atoms with E-state index in [2.05, 4.69) is 4.98 Å². The van der Waals surface area contributed by atoms with E-state index >= 15 is 0 Å². The summed E-state index contributed by atoms with van der Waals surface area (Å²) < 4.78 is 32.3. The summed E-state index contributed by atoms with van der Waals surface area (Å²) in [5.74, 6) is 0.203. The summed E-state index contributed by atoms with van der Waals surface area (Å²) in [4.78, 5) is 3.15. The number of nitrogens with one attached hydrogen (secondary N) is 1. The molecular weight excluding hydrogens is 276 g/mol. The normalized spacial score (nSPS) is 28.2. The van der Waals surface area contributed by atoms with Crippen LogP contribution < -0.4 is 0 Å². The minimum absolute atomic E-state index is 0.0144. The third-order valence-corrected chi connectivity index (χ3v) is 6.17. The Morgan fingerprint density at radius 2 is 2.25 bits per heavy atom. The molecule has 1 aromatic heterocycles. The van der Waals surface area contributed by atoms with Crippen molar-refractivity contribution in [1.29, 1.82) is 0 Å². The average Bonchev–Trinajstić information content (AvgIpc) is 3.16. The van der Waals surface area contributed by atoms with E-state index in [0.29, 0.717) is 13.0 Å². The molecule has 2 atom stereocenters. The molecule has 5 nitrogen and oxygen atoms in total. The molecule has 0 radical (unpaired) electrons. The van der Waals surface area contributed by atoms with E-state index in [9.17, 15) is 8.42 Å². The Balaban J connectivity index is 1.66. The maximum Gasteiger partial charge on any atom is 0.214 e. The molecule has 3 rings (SSSR count). The zero-order valence-corrected chi connectivity index (χ0v) is 12.4. The Hall–Kier alpha value is -0.850. The standard InChI is InChI=1S/C14H22N2O3S/c17-20(18,11-7-12-4-3-10-19-12)16-9-2-6-14(16)13-5-1-8-15-13/h1,5,8,12,14-15H,2-4,6-7,9-11H2/t12-,14+/m1/s1. The highest BCUT2D eigenvalue weighted by Crippen LogP contribution is 2.33. The van der Waals surface area contributed by atoms with Crippen molar-refractivity contribution in [1.82, 2.24) is 9.29 Å². The van der Waals surface area contributed by atoms with Gasteiger partial charge in [-0.3, -0.25) is 0 Å². The van der Waals surface area contributed by atoms with Crippen LogP contribution in [0.1, 0.15) is 43.8 Å². The number of hydrogen-bond donors (Lipinski definition) is 1. The van der Waals surface area contributed by atoms with Crippen LogP contribution in [-0.2, 0) is 14.8 Å². The number of H-pyrrole nitrogens is 1. The van der Waals surface area contributed by atoms with Crippen LogP contribution in [0.4, 0.5) is 0 Å². The van der Waals surface area contributed by atoms with Crippen LogP contribution in [0.2, 0.25) is 0 Å². The number of hydrogen-bond acceptors (Lipinski definition) is 3. The Morgan fingerprint density at radius 3 is 2.95 bits per heavy atom. The SMILES string of the molecule is O=S(=O)(CC[C@H]1CCCO1)N1CCC[C@H]1c1ccc[nH]1. The van der Waals surface area contributed by atoms with Gasteiger partial charge in [-0.2, -0.15) is 4.31 Å². The van der Waals surface area contributed by atoms with Gasteiger partial charge in [-0.15, -0.1) is 0 Å². The van der Waals surface area contributed by atoms with Gasteiger partial charge in [-0.25, -0.2) is 8.42 Å². The lowest BCUT2D eigenvalue weighted by Gasteiger charge is -2.24. The smallest absolute Gasteiger partial charge is 0.214 e. The summed E-state index contributed by atoms with van der Waals surface area (Å²) in [5.41, 5.74) is 1.00. The van der Waals surface area contributed by atoms with Crippen LogP contribution in [0.5, 0.6) is 0 Å². The molecule has 0 aromatic carbocycles. The first-order valence-corrected chi connectivity index (χ1v) is 9.02. The number of ether oxygens (including phenoxy) is 1. The zero-order chi connectivity index (χ0) is 14.0. The molecule has 20 heavy (non-hydrogen) atoms. The van der Waals surface area contributed by atoms with Crippen molar-refractivity contribution < 1.29 is 13.2 Å². The lowest BCUT2D eigenvalue weighted by molar-refractivity contribution is 0.108. The van der Waals surface area contributed by atoms with Gasteiger partial charge < -0.3 is 9.72 Å². The van der Waals surface area contributed by atoms with Gasteiger partial charge in [0, 0.05) is 25.0 Å². The molecule has 2 aliphatic rings. The van der Waals surface area contributed by atoms with Crippen LogP contribution in [0.15, 0.2) is 18.3 Å². The molecule has 3 heterocycles. The minimum atomic E-state index is -3.19. The number of aromatic nitrogens is 1. The topological polar surface area (TPSA) is 62.4 Å². The van der Waals surface area contributed by atoms with Crippen molar-refractivity contribution in [2.75, 3.05) is 18.9 Å². The van der Waals surface area contributed by atoms with Gasteiger partial charge in [0.2, 0.25) is 10.0 Å². The van der Waals surface area contributed by atoms with Gasteiger partial charge >= 0.3 is 0 Å². The number of sulfonamides is 1. The first-order valence-electron chi connectivity index (χ1n) is 7.41. The van der Waals surface area contributed by atoms with E-state index in [1.54, 1.807) is 4.31 Å². The summed E-state index contributed by atoms with van der Waals surface area (Å²) in [6.45, 7) is 1.41. The molecule has 2 saturated heterocycles. The second-order valence-corrected chi connectivity index (χ2v) is 7.68. The molecule has 0 saturated carbocycles. The lowest BCUT2D eigenvalue weighted by atomic mass is 10.2. The highest BCUT2D eigenvalue weighted by atomic mass is 32.2. The Kier molecular flexibility index (Phi) is 4.14. The molecule has 0 unspecified atom stereocenters. The molecule has 112 valence electrons. The quantitative estimate of drug-likeness (QED) is 0.905. The van der Waals surface area contributed by atoms with Gasteiger partial charge in [0.1, 0.15) is 0 Å². The zero-order valence-electron chi connectivity index (χ0n) is 11.6. The third-order valence-electron chi connectivity index (χ3n) is 4.26. The summed E-state index contributed by atoms with van der Waals surface area (Å²) in [7, 11) is -3.19. The van der Waals surface area contributed by atoms with Crippen LogP contribution in [0.3, 0.4) is 0 Å². The maximum atomic E-state index is 12.6. The predicted molar refractivity (Wildman–Crippen MR) is 76.9 cm³/mol. The largest absolute Gasteiger partial charge is 0.378 e. The highest BCUT2D eigenvalue weighted by molar-refractivity contribution is 7.89. The fraction of sp³-hybridized carbons (Fsp3) is 0.714. The molecule has 0 aliphatic carbocycles. The fourth-order valence-corrected chi connectivity index (χ4v) is 5.01. The second kappa shape index (κ2) is 5.87.